The number of fused-ring (bicyclic) bond motifs is 1. The number of hydrogen-bond acceptors (Lipinski definition) is 3. The molecular weight excluding hydrogens is 239 g/mol. The third-order valence-corrected chi connectivity index (χ3v) is 4.79. The summed E-state index contributed by atoms with van der Waals surface area (Å²) >= 11 is 1.62. The number of hydrogen-bond donors (Lipinski definition) is 1. The van der Waals surface area contributed by atoms with Gasteiger partial charge < -0.3 is 9.84 Å². The quantitative estimate of drug-likeness (QED) is 0.881. The van der Waals surface area contributed by atoms with Gasteiger partial charge in [-0.05, 0) is 17.5 Å². The van der Waals surface area contributed by atoms with E-state index in [1.165, 1.54) is 13.2 Å². The van der Waals surface area contributed by atoms with Crippen LogP contribution in [0.25, 0.3) is 0 Å². The van der Waals surface area contributed by atoms with Gasteiger partial charge in [0, 0.05) is 22.6 Å². The Kier molecular flexibility index (Phi) is 3.64. The topological polar surface area (TPSA) is 29.5 Å². The van der Waals surface area contributed by atoms with Crippen LogP contribution in [0, 0.1) is 11.7 Å². The maximum atomic E-state index is 13.8. The van der Waals surface area contributed by atoms with Crippen LogP contribution in [0.2, 0.25) is 0 Å². The lowest BCUT2D eigenvalue weighted by Gasteiger charge is -2.32. The van der Waals surface area contributed by atoms with Crippen LogP contribution in [0.15, 0.2) is 12.1 Å². The molecule has 17 heavy (non-hydrogen) atoms. The van der Waals surface area contributed by atoms with Gasteiger partial charge in [-0.15, -0.1) is 0 Å². The molecule has 0 aliphatic carbocycles. The van der Waals surface area contributed by atoms with E-state index in [1.807, 2.05) is 0 Å². The number of methoxy groups -OCH3 is 1. The van der Waals surface area contributed by atoms with Crippen LogP contribution >= 0.6 is 11.8 Å². The Morgan fingerprint density at radius 2 is 2.18 bits per heavy atom. The van der Waals surface area contributed by atoms with Crippen LogP contribution in [0.1, 0.15) is 31.1 Å². The predicted molar refractivity (Wildman–Crippen MR) is 67.8 cm³/mol. The Hall–Kier alpha value is -0.740. The highest BCUT2D eigenvalue weighted by atomic mass is 32.2. The average Bonchev–Trinajstić information content (AvgIpc) is 2.29. The number of halogens is 1. The summed E-state index contributed by atoms with van der Waals surface area (Å²) in [5.41, 5.74) is 1.29. The van der Waals surface area contributed by atoms with Crippen molar-refractivity contribution in [3.63, 3.8) is 0 Å². The Balaban J connectivity index is 2.43. The van der Waals surface area contributed by atoms with Crippen molar-refractivity contribution in [2.75, 3.05) is 7.11 Å². The molecule has 1 aliphatic rings. The minimum absolute atomic E-state index is 0.119. The maximum absolute atomic E-state index is 13.8. The highest BCUT2D eigenvalue weighted by Gasteiger charge is 2.32. The summed E-state index contributed by atoms with van der Waals surface area (Å²) in [7, 11) is 1.51. The van der Waals surface area contributed by atoms with Gasteiger partial charge in [0.25, 0.3) is 0 Å². The van der Waals surface area contributed by atoms with Gasteiger partial charge in [-0.25, -0.2) is 4.39 Å². The van der Waals surface area contributed by atoms with E-state index < -0.39 is 6.10 Å². The van der Waals surface area contributed by atoms with E-state index in [2.05, 4.69) is 13.8 Å². The molecule has 1 N–H and O–H groups in total. The van der Waals surface area contributed by atoms with Crippen molar-refractivity contribution in [1.82, 2.24) is 0 Å². The van der Waals surface area contributed by atoms with Crippen LogP contribution in [0.3, 0.4) is 0 Å². The van der Waals surface area contributed by atoms with E-state index >= 15 is 0 Å². The fourth-order valence-electron chi connectivity index (χ4n) is 2.17. The van der Waals surface area contributed by atoms with Gasteiger partial charge in [0.05, 0.1) is 13.2 Å². The second-order valence-corrected chi connectivity index (χ2v) is 5.81. The first-order chi connectivity index (χ1) is 8.04. The smallest absolute Gasteiger partial charge is 0.131 e. The summed E-state index contributed by atoms with van der Waals surface area (Å²) in [5, 5.41) is 10.4. The molecule has 2 unspecified atom stereocenters. The monoisotopic (exact) mass is 256 g/mol. The maximum Gasteiger partial charge on any atom is 0.131 e. The SMILES string of the molecule is COc1cc(F)c2c(c1)C(O)C(C(C)C)SC2. The molecule has 1 aromatic carbocycles. The molecule has 0 saturated carbocycles. The summed E-state index contributed by atoms with van der Waals surface area (Å²) in [6.45, 7) is 4.14. The van der Waals surface area contributed by atoms with Crippen LogP contribution in [-0.2, 0) is 5.75 Å². The lowest BCUT2D eigenvalue weighted by Crippen LogP contribution is -2.26. The molecule has 94 valence electrons. The van der Waals surface area contributed by atoms with E-state index in [4.69, 9.17) is 4.74 Å². The average molecular weight is 256 g/mol. The van der Waals surface area contributed by atoms with Gasteiger partial charge in [-0.3, -0.25) is 0 Å². The van der Waals surface area contributed by atoms with E-state index in [0.717, 1.165) is 0 Å². The first-order valence-electron chi connectivity index (χ1n) is 5.70. The van der Waals surface area contributed by atoms with Gasteiger partial charge in [0.15, 0.2) is 0 Å². The molecule has 0 aromatic heterocycles. The molecule has 0 spiro atoms. The molecule has 2 rings (SSSR count). The van der Waals surface area contributed by atoms with Crippen molar-refractivity contribution in [3.05, 3.63) is 29.1 Å². The molecule has 0 fully saturated rings. The molecule has 0 radical (unpaired) electrons. The van der Waals surface area contributed by atoms with Crippen molar-refractivity contribution in [3.8, 4) is 5.75 Å². The minimum atomic E-state index is -0.617. The molecular formula is C13H17FO2S. The van der Waals surface area contributed by atoms with E-state index in [9.17, 15) is 9.50 Å². The highest BCUT2D eigenvalue weighted by molar-refractivity contribution is 7.99. The fourth-order valence-corrected chi connectivity index (χ4v) is 3.55. The molecule has 2 atom stereocenters. The summed E-state index contributed by atoms with van der Waals surface area (Å²) in [5.74, 6) is 1.16. The Labute approximate surface area is 105 Å². The van der Waals surface area contributed by atoms with Gasteiger partial charge in [0.1, 0.15) is 11.6 Å². The Morgan fingerprint density at radius 3 is 2.76 bits per heavy atom. The molecule has 0 bridgehead atoms. The normalized spacial score (nSPS) is 23.6. The van der Waals surface area contributed by atoms with Crippen molar-refractivity contribution in [2.24, 2.45) is 5.92 Å². The summed E-state index contributed by atoms with van der Waals surface area (Å²) < 4.78 is 18.9. The van der Waals surface area contributed by atoms with Crippen molar-refractivity contribution < 1.29 is 14.2 Å². The fraction of sp³-hybridized carbons (Fsp3) is 0.538. The molecule has 1 aromatic rings. The number of ether oxygens (including phenoxy) is 1. The van der Waals surface area contributed by atoms with Crippen LogP contribution in [-0.4, -0.2) is 17.5 Å². The number of benzene rings is 1. The largest absolute Gasteiger partial charge is 0.497 e. The number of thioether (sulfide) groups is 1. The lowest BCUT2D eigenvalue weighted by molar-refractivity contribution is 0.155. The minimum Gasteiger partial charge on any atom is -0.497 e. The molecule has 1 heterocycles. The van der Waals surface area contributed by atoms with Gasteiger partial charge in [-0.2, -0.15) is 11.8 Å². The highest BCUT2D eigenvalue weighted by Crippen LogP contribution is 2.43. The van der Waals surface area contributed by atoms with Gasteiger partial charge in [-0.1, -0.05) is 13.8 Å². The summed E-state index contributed by atoms with van der Waals surface area (Å²) in [6, 6.07) is 3.12. The molecule has 0 amide bonds. The zero-order valence-corrected chi connectivity index (χ0v) is 11.1. The summed E-state index contributed by atoms with van der Waals surface area (Å²) in [4.78, 5) is 0. The van der Waals surface area contributed by atoms with Crippen molar-refractivity contribution in [2.45, 2.75) is 31.0 Å². The van der Waals surface area contributed by atoms with Gasteiger partial charge >= 0.3 is 0 Å². The van der Waals surface area contributed by atoms with Crippen molar-refractivity contribution >= 4 is 11.8 Å². The Morgan fingerprint density at radius 1 is 1.47 bits per heavy atom. The third kappa shape index (κ3) is 2.29. The standard InChI is InChI=1S/C13H17FO2S/c1-7(2)13-12(15)9-4-8(16-3)5-11(14)10(9)6-17-13/h4-5,7,12-13,15H,6H2,1-3H3. The molecule has 0 saturated heterocycles. The van der Waals surface area contributed by atoms with E-state index in [-0.39, 0.29) is 11.1 Å². The molecule has 1 aliphatic heterocycles. The third-order valence-electron chi connectivity index (χ3n) is 3.15. The second kappa shape index (κ2) is 4.86. The van der Waals surface area contributed by atoms with Crippen LogP contribution in [0.4, 0.5) is 4.39 Å². The number of aliphatic hydroxyl groups excluding tert-OH is 1. The van der Waals surface area contributed by atoms with E-state index in [1.54, 1.807) is 17.8 Å². The molecule has 4 heteroatoms. The molecule has 2 nitrogen and oxygen atoms in total. The zero-order chi connectivity index (χ0) is 12.6. The number of rotatable bonds is 2. The van der Waals surface area contributed by atoms with Crippen LogP contribution < -0.4 is 4.74 Å². The zero-order valence-electron chi connectivity index (χ0n) is 10.2. The Bertz CT molecular complexity index is 420. The first-order valence-corrected chi connectivity index (χ1v) is 6.75. The summed E-state index contributed by atoms with van der Waals surface area (Å²) in [6.07, 6.45) is -0.617. The van der Waals surface area contributed by atoms with Gasteiger partial charge in [0.2, 0.25) is 0 Å². The predicted octanol–water partition coefficient (Wildman–Crippen LogP) is 3.14. The van der Waals surface area contributed by atoms with E-state index in [0.29, 0.717) is 28.5 Å². The van der Waals surface area contributed by atoms with Crippen molar-refractivity contribution in [1.29, 1.82) is 0 Å². The lowest BCUT2D eigenvalue weighted by atomic mass is 9.94. The number of aliphatic hydroxyl groups is 1. The first kappa shape index (κ1) is 12.7. The second-order valence-electron chi connectivity index (χ2n) is 4.64. The van der Waals surface area contributed by atoms with Crippen LogP contribution in [0.5, 0.6) is 5.75 Å².